The van der Waals surface area contributed by atoms with Gasteiger partial charge in [0.1, 0.15) is 0 Å². The minimum absolute atomic E-state index is 0.520. The molecule has 0 spiro atoms. The van der Waals surface area contributed by atoms with Crippen LogP contribution in [0.5, 0.6) is 0 Å². The molecule has 0 fully saturated rings. The van der Waals surface area contributed by atoms with Crippen molar-refractivity contribution >= 4 is 0 Å². The number of nitrogens with one attached hydrogen (secondary N) is 1. The Morgan fingerprint density at radius 2 is 1.65 bits per heavy atom. The molecule has 0 aliphatic rings. The van der Waals surface area contributed by atoms with Crippen LogP contribution in [-0.2, 0) is 6.42 Å². The zero-order valence-electron chi connectivity index (χ0n) is 11.8. The molecule has 0 amide bonds. The van der Waals surface area contributed by atoms with E-state index in [0.29, 0.717) is 6.04 Å². The monoisotopic (exact) mass is 233 g/mol. The molecule has 0 aliphatic carbocycles. The van der Waals surface area contributed by atoms with Gasteiger partial charge in [-0.1, -0.05) is 64.8 Å². The van der Waals surface area contributed by atoms with Crippen LogP contribution in [0.4, 0.5) is 0 Å². The van der Waals surface area contributed by atoms with Crippen LogP contribution in [0.1, 0.15) is 57.7 Å². The number of hydrogen-bond acceptors (Lipinski definition) is 1. The van der Waals surface area contributed by atoms with Gasteiger partial charge in [-0.3, -0.25) is 0 Å². The van der Waals surface area contributed by atoms with Crippen LogP contribution in [0.3, 0.4) is 0 Å². The van der Waals surface area contributed by atoms with Crippen LogP contribution in [0.25, 0.3) is 0 Å². The van der Waals surface area contributed by atoms with Gasteiger partial charge < -0.3 is 5.32 Å². The zero-order valence-corrected chi connectivity index (χ0v) is 11.8. The summed E-state index contributed by atoms with van der Waals surface area (Å²) in [7, 11) is 0. The van der Waals surface area contributed by atoms with E-state index in [1.807, 2.05) is 0 Å². The van der Waals surface area contributed by atoms with E-state index in [9.17, 15) is 0 Å². The normalized spacial score (nSPS) is 13.0. The molecule has 0 aliphatic heterocycles. The maximum Gasteiger partial charge on any atom is 0.0351 e. The van der Waals surface area contributed by atoms with Crippen LogP contribution in [0.2, 0.25) is 0 Å². The third-order valence-electron chi connectivity index (χ3n) is 3.72. The Morgan fingerprint density at radius 3 is 2.18 bits per heavy atom. The van der Waals surface area contributed by atoms with Crippen LogP contribution < -0.4 is 5.32 Å². The molecule has 96 valence electrons. The second-order valence-electron chi connectivity index (χ2n) is 4.66. The second-order valence-corrected chi connectivity index (χ2v) is 4.66. The molecule has 0 bridgehead atoms. The number of hydrogen-bond donors (Lipinski definition) is 1. The van der Waals surface area contributed by atoms with E-state index in [4.69, 9.17) is 0 Å². The van der Waals surface area contributed by atoms with Gasteiger partial charge in [0.2, 0.25) is 0 Å². The molecule has 1 unspecified atom stereocenters. The molecular weight excluding hydrogens is 206 g/mol. The van der Waals surface area contributed by atoms with E-state index in [-0.39, 0.29) is 0 Å². The number of benzene rings is 1. The molecule has 17 heavy (non-hydrogen) atoms. The minimum atomic E-state index is 0.520. The fraction of sp³-hybridized carbons (Fsp3) is 0.625. The van der Waals surface area contributed by atoms with E-state index in [2.05, 4.69) is 57.3 Å². The van der Waals surface area contributed by atoms with E-state index in [1.54, 1.807) is 0 Å². The maximum atomic E-state index is 3.68. The predicted octanol–water partition coefficient (Wildman–Crippen LogP) is 4.34. The van der Waals surface area contributed by atoms with E-state index < -0.39 is 0 Å². The average Bonchev–Trinajstić information content (AvgIpc) is 2.39. The number of rotatable bonds is 7. The first kappa shape index (κ1) is 14.2. The van der Waals surface area contributed by atoms with Crippen molar-refractivity contribution in [1.29, 1.82) is 0 Å². The number of aryl methyl sites for hydroxylation is 1. The van der Waals surface area contributed by atoms with E-state index in [1.165, 1.54) is 24.0 Å². The first-order chi connectivity index (χ1) is 8.28. The summed E-state index contributed by atoms with van der Waals surface area (Å²) in [5.74, 6) is 0.739. The molecular formula is C16H27N. The van der Waals surface area contributed by atoms with Crippen LogP contribution in [-0.4, -0.2) is 6.54 Å². The molecule has 0 saturated heterocycles. The summed E-state index contributed by atoms with van der Waals surface area (Å²) >= 11 is 0. The fourth-order valence-electron chi connectivity index (χ4n) is 2.67. The Morgan fingerprint density at radius 1 is 1.00 bits per heavy atom. The van der Waals surface area contributed by atoms with Gasteiger partial charge in [0.05, 0.1) is 0 Å². The van der Waals surface area contributed by atoms with Gasteiger partial charge in [-0.2, -0.15) is 0 Å². The van der Waals surface area contributed by atoms with Crippen LogP contribution >= 0.6 is 0 Å². The van der Waals surface area contributed by atoms with E-state index >= 15 is 0 Å². The van der Waals surface area contributed by atoms with Gasteiger partial charge >= 0.3 is 0 Å². The highest BCUT2D eigenvalue weighted by molar-refractivity contribution is 5.30. The standard InChI is InChI=1S/C16H27N/c1-5-13(6-2)16(17-8-4)15-12-10-9-11-14(15)7-3/h9-13,16-17H,5-8H2,1-4H3. The Balaban J connectivity index is 3.03. The second kappa shape index (κ2) is 7.50. The topological polar surface area (TPSA) is 12.0 Å². The third-order valence-corrected chi connectivity index (χ3v) is 3.72. The van der Waals surface area contributed by atoms with E-state index in [0.717, 1.165) is 18.9 Å². The molecule has 1 rings (SSSR count). The van der Waals surface area contributed by atoms with Gasteiger partial charge in [-0.15, -0.1) is 0 Å². The van der Waals surface area contributed by atoms with Gasteiger partial charge in [-0.05, 0) is 30.0 Å². The van der Waals surface area contributed by atoms with Gasteiger partial charge in [-0.25, -0.2) is 0 Å². The highest BCUT2D eigenvalue weighted by atomic mass is 14.9. The maximum absolute atomic E-state index is 3.68. The summed E-state index contributed by atoms with van der Waals surface area (Å²) in [6.07, 6.45) is 3.61. The first-order valence-corrected chi connectivity index (χ1v) is 7.09. The lowest BCUT2D eigenvalue weighted by Gasteiger charge is -2.28. The van der Waals surface area contributed by atoms with Gasteiger partial charge in [0.25, 0.3) is 0 Å². The zero-order chi connectivity index (χ0) is 12.7. The van der Waals surface area contributed by atoms with Crippen molar-refractivity contribution in [1.82, 2.24) is 5.32 Å². The first-order valence-electron chi connectivity index (χ1n) is 7.09. The van der Waals surface area contributed by atoms with Crippen LogP contribution in [0.15, 0.2) is 24.3 Å². The highest BCUT2D eigenvalue weighted by Gasteiger charge is 2.20. The molecule has 1 aromatic carbocycles. The van der Waals surface area contributed by atoms with Crippen molar-refractivity contribution in [3.63, 3.8) is 0 Å². The Kier molecular flexibility index (Phi) is 6.28. The Bertz CT molecular complexity index is 315. The van der Waals surface area contributed by atoms with Gasteiger partial charge in [0.15, 0.2) is 0 Å². The summed E-state index contributed by atoms with van der Waals surface area (Å²) < 4.78 is 0. The molecule has 1 nitrogen and oxygen atoms in total. The summed E-state index contributed by atoms with van der Waals surface area (Å²) in [5, 5.41) is 3.68. The van der Waals surface area contributed by atoms with Crippen molar-refractivity contribution in [2.75, 3.05) is 6.54 Å². The van der Waals surface area contributed by atoms with Crippen molar-refractivity contribution in [2.45, 2.75) is 53.0 Å². The Hall–Kier alpha value is -0.820. The fourth-order valence-corrected chi connectivity index (χ4v) is 2.67. The summed E-state index contributed by atoms with van der Waals surface area (Å²) in [4.78, 5) is 0. The molecule has 0 heterocycles. The molecule has 1 N–H and O–H groups in total. The molecule has 1 aromatic rings. The minimum Gasteiger partial charge on any atom is -0.310 e. The SMILES string of the molecule is CCNC(c1ccccc1CC)C(CC)CC. The van der Waals surface area contributed by atoms with Crippen molar-refractivity contribution < 1.29 is 0 Å². The smallest absolute Gasteiger partial charge is 0.0351 e. The summed E-state index contributed by atoms with van der Waals surface area (Å²) in [6, 6.07) is 9.40. The predicted molar refractivity (Wildman–Crippen MR) is 76.3 cm³/mol. The third kappa shape index (κ3) is 3.57. The lowest BCUT2D eigenvalue weighted by molar-refractivity contribution is 0.345. The quantitative estimate of drug-likeness (QED) is 0.739. The van der Waals surface area contributed by atoms with Gasteiger partial charge in [0, 0.05) is 6.04 Å². The molecule has 1 heteroatoms. The summed E-state index contributed by atoms with van der Waals surface area (Å²) in [5.41, 5.74) is 3.00. The molecule has 0 aromatic heterocycles. The largest absolute Gasteiger partial charge is 0.310 e. The lowest BCUT2D eigenvalue weighted by Crippen LogP contribution is -2.28. The molecule has 1 atom stereocenters. The highest BCUT2D eigenvalue weighted by Crippen LogP contribution is 2.29. The molecule has 0 radical (unpaired) electrons. The van der Waals surface area contributed by atoms with Crippen LogP contribution in [0, 0.1) is 5.92 Å². The average molecular weight is 233 g/mol. The Labute approximate surface area is 107 Å². The van der Waals surface area contributed by atoms with Crippen molar-refractivity contribution in [2.24, 2.45) is 5.92 Å². The van der Waals surface area contributed by atoms with Crippen molar-refractivity contribution in [3.8, 4) is 0 Å². The summed E-state index contributed by atoms with van der Waals surface area (Å²) in [6.45, 7) is 10.1. The lowest BCUT2D eigenvalue weighted by atomic mass is 9.86. The molecule has 0 saturated carbocycles. The van der Waals surface area contributed by atoms with Crippen molar-refractivity contribution in [3.05, 3.63) is 35.4 Å².